The van der Waals surface area contributed by atoms with Crippen LogP contribution in [0.5, 0.6) is 5.75 Å². The molecule has 180 valence electrons. The van der Waals surface area contributed by atoms with Crippen molar-refractivity contribution in [3.8, 4) is 5.75 Å². The third kappa shape index (κ3) is 8.12. The molecule has 3 aromatic rings. The van der Waals surface area contributed by atoms with Crippen molar-refractivity contribution in [1.29, 1.82) is 0 Å². The second kappa shape index (κ2) is 12.7. The molecular weight excluding hydrogens is 444 g/mol. The van der Waals surface area contributed by atoms with Gasteiger partial charge in [0.1, 0.15) is 5.75 Å². The summed E-state index contributed by atoms with van der Waals surface area (Å²) in [5, 5.41) is 9.20. The molecule has 3 amide bonds. The number of hydrazone groups is 1. The second-order valence-corrected chi connectivity index (χ2v) is 7.78. The number of hydrogen-bond acceptors (Lipinski definition) is 5. The molecule has 0 fully saturated rings. The van der Waals surface area contributed by atoms with E-state index in [-0.39, 0.29) is 19.1 Å². The summed E-state index contributed by atoms with van der Waals surface area (Å²) >= 11 is 0. The van der Waals surface area contributed by atoms with Crippen LogP contribution in [0.3, 0.4) is 0 Å². The van der Waals surface area contributed by atoms with Gasteiger partial charge in [0.15, 0.2) is 6.61 Å². The molecule has 8 nitrogen and oxygen atoms in total. The fourth-order valence-corrected chi connectivity index (χ4v) is 3.12. The Morgan fingerprint density at radius 3 is 2.34 bits per heavy atom. The van der Waals surface area contributed by atoms with Crippen LogP contribution in [0.1, 0.15) is 29.2 Å². The zero-order chi connectivity index (χ0) is 25.0. The van der Waals surface area contributed by atoms with E-state index in [1.54, 1.807) is 24.3 Å². The highest BCUT2D eigenvalue weighted by molar-refractivity contribution is 6.35. The lowest BCUT2D eigenvalue weighted by Crippen LogP contribution is -2.37. The van der Waals surface area contributed by atoms with Gasteiger partial charge in [0, 0.05) is 12.2 Å². The molecular formula is C27H28N4O4. The van der Waals surface area contributed by atoms with Gasteiger partial charge in [-0.1, -0.05) is 55.0 Å². The summed E-state index contributed by atoms with van der Waals surface area (Å²) in [6.45, 7) is 4.13. The van der Waals surface area contributed by atoms with Gasteiger partial charge in [-0.15, -0.1) is 0 Å². The Hall–Kier alpha value is -4.46. The highest BCUT2D eigenvalue weighted by Gasteiger charge is 2.12. The normalized spacial score (nSPS) is 10.6. The Kier molecular flexibility index (Phi) is 9.13. The van der Waals surface area contributed by atoms with E-state index in [0.717, 1.165) is 28.8 Å². The van der Waals surface area contributed by atoms with Crippen LogP contribution >= 0.6 is 0 Å². The van der Waals surface area contributed by atoms with Gasteiger partial charge in [-0.05, 0) is 60.4 Å². The van der Waals surface area contributed by atoms with Gasteiger partial charge >= 0.3 is 11.8 Å². The molecule has 0 saturated heterocycles. The van der Waals surface area contributed by atoms with Crippen molar-refractivity contribution in [2.24, 2.45) is 5.10 Å². The van der Waals surface area contributed by atoms with Crippen molar-refractivity contribution in [1.82, 2.24) is 10.7 Å². The Bertz CT molecular complexity index is 1190. The second-order valence-electron chi connectivity index (χ2n) is 7.78. The van der Waals surface area contributed by atoms with Crippen LogP contribution in [0.15, 0.2) is 77.9 Å². The van der Waals surface area contributed by atoms with E-state index < -0.39 is 11.8 Å². The van der Waals surface area contributed by atoms with Crippen LogP contribution < -0.4 is 20.8 Å². The Morgan fingerprint density at radius 2 is 1.63 bits per heavy atom. The highest BCUT2D eigenvalue weighted by Crippen LogP contribution is 2.16. The minimum Gasteiger partial charge on any atom is -0.484 e. The number of rotatable bonds is 9. The molecule has 3 aromatic carbocycles. The topological polar surface area (TPSA) is 109 Å². The molecule has 0 aliphatic carbocycles. The smallest absolute Gasteiger partial charge is 0.329 e. The van der Waals surface area contributed by atoms with Crippen LogP contribution in [-0.2, 0) is 27.3 Å². The molecule has 0 aliphatic heterocycles. The van der Waals surface area contributed by atoms with Crippen molar-refractivity contribution < 1.29 is 19.1 Å². The first-order valence-electron chi connectivity index (χ1n) is 11.2. The van der Waals surface area contributed by atoms with E-state index >= 15 is 0 Å². The highest BCUT2D eigenvalue weighted by atomic mass is 16.5. The number of aryl methyl sites for hydroxylation is 2. The first-order chi connectivity index (χ1) is 16.9. The number of carbonyl (C=O) groups is 3. The Morgan fingerprint density at radius 1 is 0.914 bits per heavy atom. The predicted molar refractivity (Wildman–Crippen MR) is 135 cm³/mol. The van der Waals surface area contributed by atoms with Gasteiger partial charge in [-0.2, -0.15) is 5.10 Å². The number of nitrogens with zero attached hydrogens (tertiary/aromatic N) is 1. The number of benzene rings is 3. The molecule has 3 N–H and O–H groups in total. The number of para-hydroxylation sites is 1. The maximum atomic E-state index is 12.2. The number of hydrogen-bond donors (Lipinski definition) is 3. The average molecular weight is 473 g/mol. The number of nitrogens with one attached hydrogen (secondary N) is 3. The molecule has 8 heteroatoms. The van der Waals surface area contributed by atoms with Crippen molar-refractivity contribution in [3.05, 3.63) is 95.1 Å². The first-order valence-corrected chi connectivity index (χ1v) is 11.2. The average Bonchev–Trinajstić information content (AvgIpc) is 2.88. The molecule has 35 heavy (non-hydrogen) atoms. The van der Waals surface area contributed by atoms with Crippen molar-refractivity contribution in [2.75, 3.05) is 11.9 Å². The van der Waals surface area contributed by atoms with Crippen molar-refractivity contribution in [3.63, 3.8) is 0 Å². The summed E-state index contributed by atoms with van der Waals surface area (Å²) in [7, 11) is 0. The van der Waals surface area contributed by atoms with Gasteiger partial charge < -0.3 is 15.4 Å². The summed E-state index contributed by atoms with van der Waals surface area (Å²) < 4.78 is 5.53. The van der Waals surface area contributed by atoms with Gasteiger partial charge in [-0.3, -0.25) is 14.4 Å². The van der Waals surface area contributed by atoms with E-state index in [9.17, 15) is 14.4 Å². The maximum absolute atomic E-state index is 12.2. The minimum absolute atomic E-state index is 0.126. The molecule has 0 radical (unpaired) electrons. The van der Waals surface area contributed by atoms with E-state index in [4.69, 9.17) is 4.74 Å². The lowest BCUT2D eigenvalue weighted by Gasteiger charge is -2.10. The van der Waals surface area contributed by atoms with Crippen LogP contribution in [0, 0.1) is 6.92 Å². The quantitative estimate of drug-likeness (QED) is 0.252. The standard InChI is InChI=1S/C27H28N4O4/c1-3-22-6-4-5-7-24(22)30-25(32)18-35-23-14-12-21(13-15-23)17-29-31-27(34)26(33)28-16-20-10-8-19(2)9-11-20/h4-15,17H,3,16,18H2,1-2H3,(H,28,33)(H,30,32)(H,31,34)/b29-17-. The number of ether oxygens (including phenoxy) is 1. The largest absolute Gasteiger partial charge is 0.484 e. The van der Waals surface area contributed by atoms with Crippen LogP contribution in [0.2, 0.25) is 0 Å². The van der Waals surface area contributed by atoms with Gasteiger partial charge in [-0.25, -0.2) is 5.43 Å². The van der Waals surface area contributed by atoms with E-state index in [1.165, 1.54) is 6.21 Å². The molecule has 0 atom stereocenters. The zero-order valence-electron chi connectivity index (χ0n) is 19.7. The van der Waals surface area contributed by atoms with Crippen molar-refractivity contribution >= 4 is 29.6 Å². The number of amides is 3. The molecule has 0 spiro atoms. The van der Waals surface area contributed by atoms with Crippen LogP contribution in [-0.4, -0.2) is 30.5 Å². The molecule has 0 bridgehead atoms. The number of carbonyl (C=O) groups excluding carboxylic acids is 3. The minimum atomic E-state index is -0.857. The first kappa shape index (κ1) is 25.2. The monoisotopic (exact) mass is 472 g/mol. The summed E-state index contributed by atoms with van der Waals surface area (Å²) in [4.78, 5) is 36.0. The molecule has 0 aromatic heterocycles. The zero-order valence-corrected chi connectivity index (χ0v) is 19.7. The summed E-state index contributed by atoms with van der Waals surface area (Å²) in [6.07, 6.45) is 2.22. The number of anilines is 1. The third-order valence-corrected chi connectivity index (χ3v) is 5.08. The Balaban J connectivity index is 1.40. The predicted octanol–water partition coefficient (Wildman–Crippen LogP) is 3.34. The fourth-order valence-electron chi connectivity index (χ4n) is 3.12. The van der Waals surface area contributed by atoms with Gasteiger partial charge in [0.2, 0.25) is 0 Å². The van der Waals surface area contributed by atoms with Crippen LogP contribution in [0.4, 0.5) is 5.69 Å². The summed E-state index contributed by atoms with van der Waals surface area (Å²) in [5.74, 6) is -1.37. The SMILES string of the molecule is CCc1ccccc1NC(=O)COc1ccc(/C=N\NC(=O)C(=O)NCc2ccc(C)cc2)cc1. The molecule has 3 rings (SSSR count). The van der Waals surface area contributed by atoms with E-state index in [2.05, 4.69) is 21.2 Å². The molecule has 0 unspecified atom stereocenters. The lowest BCUT2D eigenvalue weighted by atomic mass is 10.1. The van der Waals surface area contributed by atoms with Gasteiger partial charge in [0.25, 0.3) is 5.91 Å². The third-order valence-electron chi connectivity index (χ3n) is 5.08. The van der Waals surface area contributed by atoms with Crippen LogP contribution in [0.25, 0.3) is 0 Å². The van der Waals surface area contributed by atoms with Gasteiger partial charge in [0.05, 0.1) is 6.21 Å². The maximum Gasteiger partial charge on any atom is 0.329 e. The molecule has 0 aliphatic rings. The lowest BCUT2D eigenvalue weighted by molar-refractivity contribution is -0.139. The molecule has 0 saturated carbocycles. The van der Waals surface area contributed by atoms with E-state index in [0.29, 0.717) is 11.3 Å². The van der Waals surface area contributed by atoms with E-state index in [1.807, 2.05) is 62.4 Å². The summed E-state index contributed by atoms with van der Waals surface area (Å²) in [5.41, 5.74) is 6.72. The fraction of sp³-hybridized carbons (Fsp3) is 0.185. The van der Waals surface area contributed by atoms with Crippen molar-refractivity contribution in [2.45, 2.75) is 26.8 Å². The summed E-state index contributed by atoms with van der Waals surface area (Å²) in [6, 6.07) is 22.1. The molecule has 0 heterocycles. The Labute approximate surface area is 204 Å².